The lowest BCUT2D eigenvalue weighted by Gasteiger charge is -2.12. The summed E-state index contributed by atoms with van der Waals surface area (Å²) in [4.78, 5) is 36.9. The second-order valence-corrected chi connectivity index (χ2v) is 6.87. The summed E-state index contributed by atoms with van der Waals surface area (Å²) in [6, 6.07) is 9.55. The predicted molar refractivity (Wildman–Crippen MR) is 100 cm³/mol. The number of H-pyrrole nitrogens is 1. The molecule has 0 fully saturated rings. The maximum Gasteiger partial charge on any atom is 0.359 e. The molecule has 0 atom stereocenters. The van der Waals surface area contributed by atoms with Crippen molar-refractivity contribution < 1.29 is 23.9 Å². The molecule has 0 amide bonds. The molecule has 1 aromatic carbocycles. The number of para-hydroxylation sites is 1. The molecule has 1 aromatic heterocycles. The maximum absolute atomic E-state index is 12.6. The highest BCUT2D eigenvalue weighted by Crippen LogP contribution is 2.30. The minimum Gasteiger partial charge on any atom is -0.494 e. The summed E-state index contributed by atoms with van der Waals surface area (Å²) in [5.74, 6) is -0.0304. The molecule has 8 heteroatoms. The van der Waals surface area contributed by atoms with E-state index in [2.05, 4.69) is 14.9 Å². The first-order chi connectivity index (χ1) is 13.1. The number of fused-ring (bicyclic) bond motifs is 1. The third kappa shape index (κ3) is 4.28. The van der Waals surface area contributed by atoms with Gasteiger partial charge in [-0.1, -0.05) is 18.2 Å². The van der Waals surface area contributed by atoms with E-state index in [1.807, 2.05) is 30.3 Å². The van der Waals surface area contributed by atoms with Gasteiger partial charge in [0.25, 0.3) is 0 Å². The molecule has 0 spiro atoms. The van der Waals surface area contributed by atoms with Gasteiger partial charge in [0.05, 0.1) is 24.2 Å². The Morgan fingerprint density at radius 3 is 2.70 bits per heavy atom. The summed E-state index contributed by atoms with van der Waals surface area (Å²) in [6.45, 7) is 0.578. The molecular weight excluding hydrogens is 368 g/mol. The van der Waals surface area contributed by atoms with Gasteiger partial charge >= 0.3 is 5.97 Å². The lowest BCUT2D eigenvalue weighted by molar-refractivity contribution is 0.0591. The highest BCUT2D eigenvalue weighted by Gasteiger charge is 2.34. The van der Waals surface area contributed by atoms with Gasteiger partial charge in [0.2, 0.25) is 11.6 Å². The monoisotopic (exact) mass is 386 g/mol. The van der Waals surface area contributed by atoms with Crippen LogP contribution in [-0.2, 0) is 4.74 Å². The Balaban J connectivity index is 1.52. The fourth-order valence-corrected chi connectivity index (χ4v) is 3.56. The van der Waals surface area contributed by atoms with Crippen LogP contribution >= 0.6 is 11.8 Å². The third-order valence-corrected chi connectivity index (χ3v) is 5.02. The summed E-state index contributed by atoms with van der Waals surface area (Å²) < 4.78 is 10.2. The fraction of sp³-hybridized carbons (Fsp3) is 0.263. The average molecular weight is 386 g/mol. The van der Waals surface area contributed by atoms with Crippen LogP contribution in [0.5, 0.6) is 5.75 Å². The molecule has 1 aliphatic carbocycles. The number of methoxy groups -OCH3 is 1. The Labute approximate surface area is 160 Å². The van der Waals surface area contributed by atoms with E-state index in [0.717, 1.165) is 18.6 Å². The zero-order valence-electron chi connectivity index (χ0n) is 14.7. The van der Waals surface area contributed by atoms with E-state index < -0.39 is 5.97 Å². The Kier molecular flexibility index (Phi) is 6.08. The number of carbonyl (C=O) groups excluding carboxylic acids is 3. The van der Waals surface area contributed by atoms with E-state index in [1.165, 1.54) is 24.9 Å². The number of nitrogens with one attached hydrogen (secondary N) is 1. The lowest BCUT2D eigenvalue weighted by atomic mass is 9.99. The number of hydrogen-bond acceptors (Lipinski definition) is 7. The second-order valence-electron chi connectivity index (χ2n) is 5.73. The number of thioether (sulfide) groups is 1. The quantitative estimate of drug-likeness (QED) is 0.550. The van der Waals surface area contributed by atoms with Gasteiger partial charge in [-0.05, 0) is 30.7 Å². The van der Waals surface area contributed by atoms with Gasteiger partial charge in [-0.15, -0.1) is 11.8 Å². The number of rotatable bonds is 8. The number of esters is 1. The Bertz CT molecular complexity index is 889. The molecule has 0 aliphatic heterocycles. The largest absolute Gasteiger partial charge is 0.494 e. The van der Waals surface area contributed by atoms with Crippen LogP contribution in [-0.4, -0.2) is 47.2 Å². The predicted octanol–water partition coefficient (Wildman–Crippen LogP) is 3.05. The first kappa shape index (κ1) is 18.9. The fourth-order valence-electron chi connectivity index (χ4n) is 2.57. The number of nitrogens with zero attached hydrogens (tertiary/aromatic N) is 1. The van der Waals surface area contributed by atoms with Crippen LogP contribution in [0.4, 0.5) is 0 Å². The summed E-state index contributed by atoms with van der Waals surface area (Å²) in [5.41, 5.74) is -0.140. The number of unbranched alkanes of at least 4 members (excludes halogenated alkanes) is 1. The molecule has 1 aliphatic rings. The van der Waals surface area contributed by atoms with E-state index in [0.29, 0.717) is 17.3 Å². The van der Waals surface area contributed by atoms with Gasteiger partial charge < -0.3 is 9.47 Å². The summed E-state index contributed by atoms with van der Waals surface area (Å²) in [7, 11) is 1.20. The number of aromatic nitrogens is 2. The first-order valence-electron chi connectivity index (χ1n) is 8.40. The van der Waals surface area contributed by atoms with Crippen LogP contribution in [0.25, 0.3) is 0 Å². The topological polar surface area (TPSA) is 98.3 Å². The highest BCUT2D eigenvalue weighted by molar-refractivity contribution is 8.04. The van der Waals surface area contributed by atoms with Crippen molar-refractivity contribution in [3.8, 4) is 5.75 Å². The molecule has 1 heterocycles. The van der Waals surface area contributed by atoms with Crippen LogP contribution in [0.1, 0.15) is 44.2 Å². The number of ketones is 2. The minimum absolute atomic E-state index is 0.00994. The molecule has 27 heavy (non-hydrogen) atoms. The van der Waals surface area contributed by atoms with E-state index in [-0.39, 0.29) is 28.5 Å². The second kappa shape index (κ2) is 8.68. The molecule has 140 valence electrons. The zero-order valence-corrected chi connectivity index (χ0v) is 15.5. The Morgan fingerprint density at radius 1 is 1.19 bits per heavy atom. The lowest BCUT2D eigenvalue weighted by Crippen LogP contribution is -2.18. The van der Waals surface area contributed by atoms with Crippen molar-refractivity contribution in [3.05, 3.63) is 58.3 Å². The smallest absolute Gasteiger partial charge is 0.359 e. The minimum atomic E-state index is -0.752. The summed E-state index contributed by atoms with van der Waals surface area (Å²) in [6.07, 6.45) is 2.93. The molecule has 0 unspecified atom stereocenters. The SMILES string of the molecule is COC(=O)c1n[nH]c2c1C(=O)C(SCCCCOc1ccccc1)=CC2=O. The van der Waals surface area contributed by atoms with Gasteiger partial charge in [-0.3, -0.25) is 14.7 Å². The van der Waals surface area contributed by atoms with E-state index >= 15 is 0 Å². The van der Waals surface area contributed by atoms with Gasteiger partial charge in [-0.25, -0.2) is 4.79 Å². The zero-order chi connectivity index (χ0) is 19.2. The third-order valence-electron chi connectivity index (χ3n) is 3.91. The molecular formula is C19H18N2O5S. The number of allylic oxidation sites excluding steroid dienone is 2. The number of hydrogen-bond donors (Lipinski definition) is 1. The number of aromatic amines is 1. The number of Topliss-reactive ketones (excluding diaryl/α,β-unsaturated/α-hetero) is 1. The molecule has 0 saturated carbocycles. The number of carbonyl (C=O) groups is 3. The number of ether oxygens (including phenoxy) is 2. The molecule has 3 rings (SSSR count). The summed E-state index contributed by atoms with van der Waals surface area (Å²) >= 11 is 1.29. The van der Waals surface area contributed by atoms with E-state index in [9.17, 15) is 14.4 Å². The first-order valence-corrected chi connectivity index (χ1v) is 9.38. The van der Waals surface area contributed by atoms with Crippen LogP contribution in [0, 0.1) is 0 Å². The average Bonchev–Trinajstić information content (AvgIpc) is 3.14. The van der Waals surface area contributed by atoms with Crippen molar-refractivity contribution in [1.82, 2.24) is 10.2 Å². The molecule has 7 nitrogen and oxygen atoms in total. The number of benzene rings is 1. The van der Waals surface area contributed by atoms with Crippen molar-refractivity contribution >= 4 is 29.3 Å². The highest BCUT2D eigenvalue weighted by atomic mass is 32.2. The molecule has 2 aromatic rings. The maximum atomic E-state index is 12.6. The Hall–Kier alpha value is -2.87. The van der Waals surface area contributed by atoms with Crippen molar-refractivity contribution in [1.29, 1.82) is 0 Å². The molecule has 0 radical (unpaired) electrons. The molecule has 0 bridgehead atoms. The normalized spacial score (nSPS) is 13.1. The van der Waals surface area contributed by atoms with E-state index in [1.54, 1.807) is 0 Å². The van der Waals surface area contributed by atoms with Gasteiger partial charge in [0.15, 0.2) is 5.69 Å². The van der Waals surface area contributed by atoms with E-state index in [4.69, 9.17) is 4.74 Å². The van der Waals surface area contributed by atoms with Crippen LogP contribution in [0.2, 0.25) is 0 Å². The molecule has 1 N–H and O–H groups in total. The summed E-state index contributed by atoms with van der Waals surface area (Å²) in [5, 5.41) is 6.20. The van der Waals surface area contributed by atoms with Crippen LogP contribution in [0.15, 0.2) is 41.3 Å². The van der Waals surface area contributed by atoms with Crippen molar-refractivity contribution in [2.75, 3.05) is 19.5 Å². The molecule has 0 saturated heterocycles. The van der Waals surface area contributed by atoms with Crippen molar-refractivity contribution in [2.24, 2.45) is 0 Å². The van der Waals surface area contributed by atoms with Crippen LogP contribution < -0.4 is 4.74 Å². The Morgan fingerprint density at radius 2 is 1.96 bits per heavy atom. The van der Waals surface area contributed by atoms with Crippen molar-refractivity contribution in [2.45, 2.75) is 12.8 Å². The standard InChI is InChI=1S/C19H18N2O5S/c1-25-19(24)17-15-16(20-21-17)13(22)11-14(18(15)23)27-10-6-5-9-26-12-7-3-2-4-8-12/h2-4,7-8,11H,5-6,9-10H2,1H3,(H,20,21). The van der Waals surface area contributed by atoms with Gasteiger partial charge in [-0.2, -0.15) is 5.10 Å². The van der Waals surface area contributed by atoms with Crippen LogP contribution in [0.3, 0.4) is 0 Å². The van der Waals surface area contributed by atoms with Crippen molar-refractivity contribution in [3.63, 3.8) is 0 Å². The van der Waals surface area contributed by atoms with Gasteiger partial charge in [0, 0.05) is 6.08 Å². The van der Waals surface area contributed by atoms with Gasteiger partial charge in [0.1, 0.15) is 11.4 Å².